The Balaban J connectivity index is 3.83. The van der Waals surface area contributed by atoms with Crippen molar-refractivity contribution in [2.24, 2.45) is 5.73 Å². The summed E-state index contributed by atoms with van der Waals surface area (Å²) in [5.41, 5.74) is 5.38. The van der Waals surface area contributed by atoms with Crippen molar-refractivity contribution in [2.45, 2.75) is 296 Å². The minimum absolute atomic E-state index is 0.0511. The number of unbranched alkanes of at least 4 members (excludes halogenated alkanes) is 31. The second kappa shape index (κ2) is 63.1. The molecule has 0 saturated heterocycles. The van der Waals surface area contributed by atoms with Gasteiger partial charge in [-0.05, 0) is 96.3 Å². The highest BCUT2D eigenvalue weighted by atomic mass is 31.2. The van der Waals surface area contributed by atoms with Crippen LogP contribution in [-0.2, 0) is 32.7 Å². The zero-order valence-corrected chi connectivity index (χ0v) is 51.3. The molecule has 10 heteroatoms. The maximum absolute atomic E-state index is 12.7. The van der Waals surface area contributed by atoms with E-state index in [1.165, 1.54) is 154 Å². The number of phosphoric acid groups is 1. The number of phosphoric ester groups is 1. The molecule has 0 spiro atoms. The van der Waals surface area contributed by atoms with Gasteiger partial charge in [-0.3, -0.25) is 18.6 Å². The summed E-state index contributed by atoms with van der Waals surface area (Å²) in [4.78, 5) is 35.2. The molecule has 0 heterocycles. The first-order valence-corrected chi connectivity index (χ1v) is 33.7. The Kier molecular flexibility index (Phi) is 60.6. The molecule has 0 fully saturated rings. The number of carbonyl (C=O) groups excluding carboxylic acids is 2. The highest BCUT2D eigenvalue weighted by Crippen LogP contribution is 2.43. The van der Waals surface area contributed by atoms with Gasteiger partial charge in [0, 0.05) is 19.4 Å². The Morgan fingerprint density at radius 3 is 1.06 bits per heavy atom. The summed E-state index contributed by atoms with van der Waals surface area (Å²) in [6.07, 6.45) is 84.9. The molecule has 0 aliphatic heterocycles. The molecule has 0 aromatic heterocycles. The van der Waals surface area contributed by atoms with Crippen molar-refractivity contribution >= 4 is 19.8 Å². The van der Waals surface area contributed by atoms with E-state index in [0.717, 1.165) is 103 Å². The van der Waals surface area contributed by atoms with Gasteiger partial charge in [-0.25, -0.2) is 4.57 Å². The summed E-state index contributed by atoms with van der Waals surface area (Å²) in [5, 5.41) is 0. The van der Waals surface area contributed by atoms with Crippen LogP contribution in [0, 0.1) is 0 Å². The van der Waals surface area contributed by atoms with E-state index < -0.39 is 26.5 Å². The number of rotatable bonds is 60. The molecular weight excluding hydrogens is 990 g/mol. The SMILES string of the molecule is CC/C=C\C/C=C\C/C=C\C/C=C\C/C=C\C/C=C\C/C=C\CCCCCCCCCCCCCCCCCCCCCC(=O)OC(COC(=O)CCCCCCC/C=C\CCCCCCCCC)COP(=O)(O)OCCN. The van der Waals surface area contributed by atoms with Crippen LogP contribution in [0.5, 0.6) is 0 Å². The molecule has 0 radical (unpaired) electrons. The molecule has 0 aromatic rings. The Morgan fingerprint density at radius 2 is 0.705 bits per heavy atom. The molecule has 0 aliphatic carbocycles. The fraction of sp³-hybridized carbons (Fsp3) is 0.735. The molecule has 450 valence electrons. The largest absolute Gasteiger partial charge is 0.472 e. The first-order valence-electron chi connectivity index (χ1n) is 32.2. The van der Waals surface area contributed by atoms with Crippen LogP contribution in [0.2, 0.25) is 0 Å². The van der Waals surface area contributed by atoms with Gasteiger partial charge >= 0.3 is 19.8 Å². The van der Waals surface area contributed by atoms with Gasteiger partial charge in [-0.2, -0.15) is 0 Å². The second-order valence-corrected chi connectivity index (χ2v) is 22.7. The van der Waals surface area contributed by atoms with E-state index >= 15 is 0 Å². The van der Waals surface area contributed by atoms with E-state index in [-0.39, 0.29) is 38.6 Å². The highest BCUT2D eigenvalue weighted by molar-refractivity contribution is 7.47. The topological polar surface area (TPSA) is 134 Å². The Bertz CT molecular complexity index is 1600. The summed E-state index contributed by atoms with van der Waals surface area (Å²) >= 11 is 0. The molecular formula is C68H120NO8P. The monoisotopic (exact) mass is 1110 g/mol. The quantitative estimate of drug-likeness (QED) is 0.0264. The van der Waals surface area contributed by atoms with Gasteiger partial charge in [0.25, 0.3) is 0 Å². The number of carbonyl (C=O) groups is 2. The Hall–Kier alpha value is -3.07. The molecule has 0 aromatic carbocycles. The summed E-state index contributed by atoms with van der Waals surface area (Å²) in [7, 11) is -4.39. The van der Waals surface area contributed by atoms with E-state index in [4.69, 9.17) is 24.3 Å². The average Bonchev–Trinajstić information content (AvgIpc) is 3.43. The number of ether oxygens (including phenoxy) is 2. The lowest BCUT2D eigenvalue weighted by Gasteiger charge is -2.19. The fourth-order valence-electron chi connectivity index (χ4n) is 8.97. The van der Waals surface area contributed by atoms with Gasteiger partial charge in [0.1, 0.15) is 6.61 Å². The average molecular weight is 1110 g/mol. The van der Waals surface area contributed by atoms with Crippen LogP contribution in [0.4, 0.5) is 0 Å². The minimum Gasteiger partial charge on any atom is -0.462 e. The first kappa shape index (κ1) is 74.9. The standard InChI is InChI=1S/C68H120NO8P/c1-3-5-7-9-11-13-15-17-19-21-22-23-24-25-26-27-28-29-30-31-32-33-34-35-36-37-38-39-40-41-42-43-44-45-47-49-51-53-55-57-59-61-68(71)77-66(65-76-78(72,73)75-63-62-69)64-74-67(70)60-58-56-54-52-50-48-46-20-18-16-14-12-10-8-6-4-2/h5,7,11,13,17,19-20,22-23,25-26,28-29,31-32,46,66H,3-4,6,8-10,12,14-16,18,21,24,27,30,33-45,47-65,69H2,1-2H3,(H,72,73)/b7-5-,13-11-,19-17-,23-22-,26-25-,29-28-,32-31-,46-20-. The van der Waals surface area contributed by atoms with Crippen molar-refractivity contribution in [3.63, 3.8) is 0 Å². The molecule has 2 atom stereocenters. The predicted octanol–water partition coefficient (Wildman–Crippen LogP) is 20.8. The van der Waals surface area contributed by atoms with Crippen LogP contribution in [0.15, 0.2) is 97.2 Å². The van der Waals surface area contributed by atoms with E-state index in [1.807, 2.05) is 0 Å². The van der Waals surface area contributed by atoms with Gasteiger partial charge in [-0.15, -0.1) is 0 Å². The second-order valence-electron chi connectivity index (χ2n) is 21.2. The van der Waals surface area contributed by atoms with E-state index in [2.05, 4.69) is 111 Å². The molecule has 78 heavy (non-hydrogen) atoms. The number of nitrogens with two attached hydrogens (primary N) is 1. The lowest BCUT2D eigenvalue weighted by molar-refractivity contribution is -0.161. The van der Waals surface area contributed by atoms with Crippen molar-refractivity contribution < 1.29 is 37.6 Å². The molecule has 0 bridgehead atoms. The number of hydrogen-bond acceptors (Lipinski definition) is 8. The third kappa shape index (κ3) is 62.1. The van der Waals surface area contributed by atoms with Crippen molar-refractivity contribution in [3.8, 4) is 0 Å². The Labute approximate surface area is 480 Å². The normalized spacial score (nSPS) is 13.6. The van der Waals surface area contributed by atoms with Crippen molar-refractivity contribution in [1.29, 1.82) is 0 Å². The van der Waals surface area contributed by atoms with E-state index in [9.17, 15) is 19.0 Å². The van der Waals surface area contributed by atoms with Crippen LogP contribution in [-0.4, -0.2) is 49.3 Å². The zero-order valence-electron chi connectivity index (χ0n) is 50.4. The van der Waals surface area contributed by atoms with Gasteiger partial charge in [0.15, 0.2) is 6.10 Å². The van der Waals surface area contributed by atoms with Crippen LogP contribution >= 0.6 is 7.82 Å². The van der Waals surface area contributed by atoms with Crippen molar-refractivity contribution in [1.82, 2.24) is 0 Å². The third-order valence-electron chi connectivity index (χ3n) is 13.7. The number of allylic oxidation sites excluding steroid dienone is 16. The first-order chi connectivity index (χ1) is 38.3. The van der Waals surface area contributed by atoms with Gasteiger partial charge in [0.2, 0.25) is 0 Å². The molecule has 0 amide bonds. The lowest BCUT2D eigenvalue weighted by atomic mass is 10.0. The fourth-order valence-corrected chi connectivity index (χ4v) is 9.73. The minimum atomic E-state index is -4.39. The summed E-state index contributed by atoms with van der Waals surface area (Å²) in [5.74, 6) is -0.830. The zero-order chi connectivity index (χ0) is 56.6. The lowest BCUT2D eigenvalue weighted by Crippen LogP contribution is -2.29. The third-order valence-corrected chi connectivity index (χ3v) is 14.7. The van der Waals surface area contributed by atoms with Crippen LogP contribution in [0.3, 0.4) is 0 Å². The van der Waals surface area contributed by atoms with Crippen molar-refractivity contribution in [2.75, 3.05) is 26.4 Å². The van der Waals surface area contributed by atoms with Crippen molar-refractivity contribution in [3.05, 3.63) is 97.2 Å². The molecule has 2 unspecified atom stereocenters. The summed E-state index contributed by atoms with van der Waals surface area (Å²) in [6, 6.07) is 0. The summed E-state index contributed by atoms with van der Waals surface area (Å²) in [6.45, 7) is 3.64. The number of hydrogen-bond donors (Lipinski definition) is 2. The predicted molar refractivity (Wildman–Crippen MR) is 335 cm³/mol. The van der Waals surface area contributed by atoms with Gasteiger partial charge in [0.05, 0.1) is 13.2 Å². The molecule has 0 saturated carbocycles. The van der Waals surface area contributed by atoms with Crippen LogP contribution in [0.1, 0.15) is 290 Å². The van der Waals surface area contributed by atoms with Crippen LogP contribution < -0.4 is 5.73 Å². The highest BCUT2D eigenvalue weighted by Gasteiger charge is 2.26. The maximum atomic E-state index is 12.7. The molecule has 3 N–H and O–H groups in total. The smallest absolute Gasteiger partial charge is 0.462 e. The van der Waals surface area contributed by atoms with E-state index in [1.54, 1.807) is 0 Å². The summed E-state index contributed by atoms with van der Waals surface area (Å²) < 4.78 is 33.0. The molecule has 0 rings (SSSR count). The van der Waals surface area contributed by atoms with Gasteiger partial charge in [-0.1, -0.05) is 278 Å². The number of esters is 2. The van der Waals surface area contributed by atoms with E-state index in [0.29, 0.717) is 6.42 Å². The Morgan fingerprint density at radius 1 is 0.397 bits per heavy atom. The molecule has 0 aliphatic rings. The van der Waals surface area contributed by atoms with Crippen LogP contribution in [0.25, 0.3) is 0 Å². The molecule has 9 nitrogen and oxygen atoms in total. The van der Waals surface area contributed by atoms with Gasteiger partial charge < -0.3 is 20.1 Å². The maximum Gasteiger partial charge on any atom is 0.472 e.